The number of alkyl halides is 3. The number of carbonyl (C=O) groups is 2. The largest absolute Gasteiger partial charge is 0.490 e. The topological polar surface area (TPSA) is 105 Å². The standard InChI is InChI=1S/C18H26N6O.C2HF3O2/c1-12-7-14(23(3)21-12)8-24-9-15(18(25)20-13-5-4-6-13)17-16(10-24)19-11-22(17)2;3-2(4,5)1(6)7/h7,11,13,15H,4-6,8-10H2,1-3H3,(H,20,25);(H,6,7). The van der Waals surface area contributed by atoms with Gasteiger partial charge in [0.15, 0.2) is 0 Å². The van der Waals surface area contributed by atoms with Gasteiger partial charge >= 0.3 is 12.1 Å². The number of aryl methyl sites for hydroxylation is 3. The number of amides is 1. The second-order valence-corrected chi connectivity index (χ2v) is 8.25. The molecule has 0 radical (unpaired) electrons. The lowest BCUT2D eigenvalue weighted by Crippen LogP contribution is -2.46. The van der Waals surface area contributed by atoms with Crippen molar-refractivity contribution in [3.05, 3.63) is 35.2 Å². The molecule has 4 rings (SSSR count). The number of imidazole rings is 1. The highest BCUT2D eigenvalue weighted by Crippen LogP contribution is 2.29. The normalized spacial score (nSPS) is 18.9. The van der Waals surface area contributed by atoms with E-state index < -0.39 is 12.1 Å². The second kappa shape index (κ2) is 9.31. The summed E-state index contributed by atoms with van der Waals surface area (Å²) in [6.07, 6.45) is 0.175. The zero-order valence-corrected chi connectivity index (χ0v) is 18.2. The molecule has 2 N–H and O–H groups in total. The fourth-order valence-electron chi connectivity index (χ4n) is 3.90. The van der Waals surface area contributed by atoms with Gasteiger partial charge in [-0.3, -0.25) is 14.4 Å². The van der Waals surface area contributed by atoms with Crippen LogP contribution in [0.4, 0.5) is 13.2 Å². The smallest absolute Gasteiger partial charge is 0.475 e. The quantitative estimate of drug-likeness (QED) is 0.728. The molecule has 1 saturated carbocycles. The van der Waals surface area contributed by atoms with Crippen LogP contribution in [0.2, 0.25) is 0 Å². The van der Waals surface area contributed by atoms with E-state index in [2.05, 4.69) is 26.4 Å². The molecule has 3 heterocycles. The van der Waals surface area contributed by atoms with Crippen LogP contribution in [0.1, 0.15) is 48.0 Å². The highest BCUT2D eigenvalue weighted by molar-refractivity contribution is 5.84. The van der Waals surface area contributed by atoms with E-state index in [4.69, 9.17) is 9.90 Å². The Bertz CT molecular complexity index is 980. The SMILES string of the molecule is Cc1cc(CN2Cc3ncn(C)c3C(C(=O)NC3CCC3)C2)n(C)n1.O=C(O)C(F)(F)F. The number of hydrogen-bond acceptors (Lipinski definition) is 5. The molecule has 2 aromatic rings. The van der Waals surface area contributed by atoms with Crippen molar-refractivity contribution in [3.8, 4) is 0 Å². The predicted molar refractivity (Wildman–Crippen MR) is 107 cm³/mol. The van der Waals surface area contributed by atoms with Gasteiger partial charge < -0.3 is 15.0 Å². The van der Waals surface area contributed by atoms with E-state index in [1.807, 2.05) is 36.6 Å². The summed E-state index contributed by atoms with van der Waals surface area (Å²) in [5.41, 5.74) is 4.26. The van der Waals surface area contributed by atoms with Gasteiger partial charge in [0, 0.05) is 39.8 Å². The van der Waals surface area contributed by atoms with E-state index in [0.29, 0.717) is 6.04 Å². The fraction of sp³-hybridized carbons (Fsp3) is 0.600. The first kappa shape index (κ1) is 23.8. The molecule has 2 aliphatic rings. The van der Waals surface area contributed by atoms with Crippen molar-refractivity contribution >= 4 is 11.9 Å². The third-order valence-corrected chi connectivity index (χ3v) is 5.70. The molecule has 9 nitrogen and oxygen atoms in total. The molecule has 0 aromatic carbocycles. The number of carboxylic acid groups (broad SMARTS) is 1. The summed E-state index contributed by atoms with van der Waals surface area (Å²) >= 11 is 0. The number of carbonyl (C=O) groups excluding carboxylic acids is 1. The van der Waals surface area contributed by atoms with Gasteiger partial charge in [0.1, 0.15) is 0 Å². The minimum Gasteiger partial charge on any atom is -0.475 e. The number of aliphatic carboxylic acids is 1. The molecule has 0 spiro atoms. The molecule has 1 unspecified atom stereocenters. The second-order valence-electron chi connectivity index (χ2n) is 8.25. The maximum Gasteiger partial charge on any atom is 0.490 e. The molecule has 1 aliphatic heterocycles. The van der Waals surface area contributed by atoms with E-state index in [1.54, 1.807) is 0 Å². The summed E-state index contributed by atoms with van der Waals surface area (Å²) in [6.45, 7) is 4.27. The Balaban J connectivity index is 0.000000360. The van der Waals surface area contributed by atoms with Crippen LogP contribution in [0.5, 0.6) is 0 Å². The zero-order valence-electron chi connectivity index (χ0n) is 18.2. The monoisotopic (exact) mass is 456 g/mol. The Hall–Kier alpha value is -2.89. The van der Waals surface area contributed by atoms with Gasteiger partial charge in [-0.1, -0.05) is 0 Å². The van der Waals surface area contributed by atoms with Crippen LogP contribution in [0.3, 0.4) is 0 Å². The zero-order chi connectivity index (χ0) is 23.6. The number of fused-ring (bicyclic) bond motifs is 1. The number of halogens is 3. The number of rotatable bonds is 4. The first-order chi connectivity index (χ1) is 15.0. The molecule has 0 bridgehead atoms. The van der Waals surface area contributed by atoms with E-state index in [-0.39, 0.29) is 11.8 Å². The van der Waals surface area contributed by atoms with Crippen molar-refractivity contribution in [2.45, 2.75) is 57.4 Å². The molecular weight excluding hydrogens is 429 g/mol. The summed E-state index contributed by atoms with van der Waals surface area (Å²) in [6, 6.07) is 2.47. The van der Waals surface area contributed by atoms with E-state index in [1.165, 1.54) is 6.42 Å². The third kappa shape index (κ3) is 5.47. The van der Waals surface area contributed by atoms with Crippen molar-refractivity contribution < 1.29 is 27.9 Å². The maximum atomic E-state index is 12.9. The average molecular weight is 456 g/mol. The van der Waals surface area contributed by atoms with Crippen molar-refractivity contribution in [1.82, 2.24) is 29.5 Å². The minimum atomic E-state index is -5.08. The van der Waals surface area contributed by atoms with Crippen LogP contribution in [-0.2, 0) is 36.8 Å². The summed E-state index contributed by atoms with van der Waals surface area (Å²) in [4.78, 5) is 28.6. The van der Waals surface area contributed by atoms with Crippen LogP contribution < -0.4 is 5.32 Å². The molecule has 2 aromatic heterocycles. The number of aromatic nitrogens is 4. The van der Waals surface area contributed by atoms with Gasteiger partial charge in [0.05, 0.1) is 35.0 Å². The van der Waals surface area contributed by atoms with Crippen molar-refractivity contribution in [2.24, 2.45) is 14.1 Å². The summed E-state index contributed by atoms with van der Waals surface area (Å²) in [5, 5.41) is 14.8. The number of nitrogens with one attached hydrogen (secondary N) is 1. The maximum absolute atomic E-state index is 12.9. The Morgan fingerprint density at radius 1 is 1.28 bits per heavy atom. The number of hydrogen-bond donors (Lipinski definition) is 2. The van der Waals surface area contributed by atoms with Crippen molar-refractivity contribution in [3.63, 3.8) is 0 Å². The van der Waals surface area contributed by atoms with Gasteiger partial charge in [0.25, 0.3) is 0 Å². The third-order valence-electron chi connectivity index (χ3n) is 5.70. The first-order valence-electron chi connectivity index (χ1n) is 10.3. The highest BCUT2D eigenvalue weighted by atomic mass is 19.4. The van der Waals surface area contributed by atoms with E-state index in [0.717, 1.165) is 55.3 Å². The minimum absolute atomic E-state index is 0.139. The molecule has 176 valence electrons. The molecule has 1 fully saturated rings. The number of carboxylic acids is 1. The van der Waals surface area contributed by atoms with Crippen molar-refractivity contribution in [1.29, 1.82) is 0 Å². The lowest BCUT2D eigenvalue weighted by Gasteiger charge is -2.34. The van der Waals surface area contributed by atoms with Crippen LogP contribution in [-0.4, -0.2) is 60.0 Å². The van der Waals surface area contributed by atoms with Crippen molar-refractivity contribution in [2.75, 3.05) is 6.54 Å². The lowest BCUT2D eigenvalue weighted by molar-refractivity contribution is -0.192. The summed E-state index contributed by atoms with van der Waals surface area (Å²) in [7, 11) is 3.95. The summed E-state index contributed by atoms with van der Waals surface area (Å²) < 4.78 is 35.7. The van der Waals surface area contributed by atoms with Crippen LogP contribution in [0.25, 0.3) is 0 Å². The van der Waals surface area contributed by atoms with Crippen LogP contribution in [0.15, 0.2) is 12.4 Å². The van der Waals surface area contributed by atoms with Crippen LogP contribution >= 0.6 is 0 Å². The Kier molecular flexibility index (Phi) is 6.91. The van der Waals surface area contributed by atoms with Gasteiger partial charge in [-0.25, -0.2) is 9.78 Å². The van der Waals surface area contributed by atoms with E-state index in [9.17, 15) is 18.0 Å². The molecule has 12 heteroatoms. The van der Waals surface area contributed by atoms with E-state index >= 15 is 0 Å². The highest BCUT2D eigenvalue weighted by Gasteiger charge is 2.38. The van der Waals surface area contributed by atoms with Gasteiger partial charge in [-0.05, 0) is 32.3 Å². The average Bonchev–Trinajstić information content (AvgIpc) is 3.18. The Morgan fingerprint density at radius 2 is 1.94 bits per heavy atom. The van der Waals surface area contributed by atoms with Crippen LogP contribution in [0, 0.1) is 6.92 Å². The Labute approximate surface area is 183 Å². The molecule has 1 amide bonds. The first-order valence-corrected chi connectivity index (χ1v) is 10.3. The Morgan fingerprint density at radius 3 is 2.44 bits per heavy atom. The number of nitrogens with zero attached hydrogens (tertiary/aromatic N) is 5. The van der Waals surface area contributed by atoms with Gasteiger partial charge in [0.2, 0.25) is 5.91 Å². The summed E-state index contributed by atoms with van der Waals surface area (Å²) in [5.74, 6) is -2.78. The predicted octanol–water partition coefficient (Wildman–Crippen LogP) is 1.86. The molecule has 32 heavy (non-hydrogen) atoms. The fourth-order valence-corrected chi connectivity index (χ4v) is 3.90. The lowest BCUT2D eigenvalue weighted by atomic mass is 9.91. The molecule has 1 aliphatic carbocycles. The van der Waals surface area contributed by atoms with Gasteiger partial charge in [-0.2, -0.15) is 18.3 Å². The molecule has 1 atom stereocenters. The molecule has 0 saturated heterocycles. The van der Waals surface area contributed by atoms with Gasteiger partial charge in [-0.15, -0.1) is 0 Å². The molecular formula is C20H27F3N6O3.